The molecule has 12 heavy (non-hydrogen) atoms. The van der Waals surface area contributed by atoms with Gasteiger partial charge in [0.1, 0.15) is 11.9 Å². The quantitative estimate of drug-likeness (QED) is 0.627. The molecule has 1 aliphatic rings. The van der Waals surface area contributed by atoms with Crippen molar-refractivity contribution in [2.45, 2.75) is 19.4 Å². The molecule has 0 fully saturated rings. The third-order valence-electron chi connectivity index (χ3n) is 1.97. The molecule has 1 aliphatic heterocycles. The zero-order valence-electron chi connectivity index (χ0n) is 6.80. The van der Waals surface area contributed by atoms with Gasteiger partial charge in [-0.25, -0.2) is 0 Å². The second kappa shape index (κ2) is 2.56. The monoisotopic (exact) mass is 183 g/mol. The van der Waals surface area contributed by atoms with E-state index in [9.17, 15) is 0 Å². The average Bonchev–Trinajstić information content (AvgIpc) is 2.29. The number of nitrogens with two attached hydrogens (primary N) is 1. The molecule has 1 heterocycles. The number of hydrogen-bond donors (Lipinski definition) is 1. The van der Waals surface area contributed by atoms with Crippen LogP contribution in [0.1, 0.15) is 12.5 Å². The van der Waals surface area contributed by atoms with Gasteiger partial charge in [-0.3, -0.25) is 0 Å². The topological polar surface area (TPSA) is 35.2 Å². The number of nitrogen functional groups attached to an aromatic ring is 1. The molecule has 0 aromatic heterocycles. The Kier molecular flexibility index (Phi) is 1.65. The lowest BCUT2D eigenvalue weighted by atomic mass is 10.1. The van der Waals surface area contributed by atoms with Gasteiger partial charge in [0.15, 0.2) is 0 Å². The average molecular weight is 184 g/mol. The molecule has 3 heteroatoms. The zero-order chi connectivity index (χ0) is 8.72. The lowest BCUT2D eigenvalue weighted by Gasteiger charge is -2.04. The van der Waals surface area contributed by atoms with Gasteiger partial charge in [-0.2, -0.15) is 0 Å². The number of fused-ring (bicyclic) bond motifs is 1. The van der Waals surface area contributed by atoms with E-state index in [4.69, 9.17) is 22.1 Å². The van der Waals surface area contributed by atoms with E-state index in [1.807, 2.05) is 13.0 Å². The maximum Gasteiger partial charge on any atom is 0.141 e. The van der Waals surface area contributed by atoms with Gasteiger partial charge in [0.05, 0.1) is 5.02 Å². The first-order chi connectivity index (χ1) is 5.66. The van der Waals surface area contributed by atoms with E-state index in [1.54, 1.807) is 6.07 Å². The first-order valence-corrected chi connectivity index (χ1v) is 4.29. The Balaban J connectivity index is 2.52. The summed E-state index contributed by atoms with van der Waals surface area (Å²) in [6.45, 7) is 2.02. The number of benzene rings is 1. The third-order valence-corrected chi connectivity index (χ3v) is 2.25. The Morgan fingerprint density at radius 3 is 3.08 bits per heavy atom. The summed E-state index contributed by atoms with van der Waals surface area (Å²) in [7, 11) is 0. The molecule has 2 nitrogen and oxygen atoms in total. The van der Waals surface area contributed by atoms with E-state index in [1.165, 1.54) is 0 Å². The molecule has 0 radical (unpaired) electrons. The highest BCUT2D eigenvalue weighted by Crippen LogP contribution is 2.37. The van der Waals surface area contributed by atoms with Crippen LogP contribution in [-0.4, -0.2) is 6.10 Å². The molecule has 1 aromatic rings. The molecule has 0 spiro atoms. The number of anilines is 1. The summed E-state index contributed by atoms with van der Waals surface area (Å²) in [5.74, 6) is 0.804. The highest BCUT2D eigenvalue weighted by molar-refractivity contribution is 6.32. The van der Waals surface area contributed by atoms with Crippen LogP contribution in [0.2, 0.25) is 5.02 Å². The number of ether oxygens (including phenoxy) is 1. The van der Waals surface area contributed by atoms with Crippen LogP contribution in [-0.2, 0) is 6.42 Å². The fourth-order valence-corrected chi connectivity index (χ4v) is 1.80. The summed E-state index contributed by atoms with van der Waals surface area (Å²) >= 11 is 5.94. The molecular formula is C9H10ClNO. The van der Waals surface area contributed by atoms with Gasteiger partial charge < -0.3 is 10.5 Å². The smallest absolute Gasteiger partial charge is 0.141 e. The summed E-state index contributed by atoms with van der Waals surface area (Å²) in [5.41, 5.74) is 7.46. The zero-order valence-corrected chi connectivity index (χ0v) is 7.56. The Bertz CT molecular complexity index is 325. The van der Waals surface area contributed by atoms with Crippen LogP contribution in [0.3, 0.4) is 0 Å². The van der Waals surface area contributed by atoms with Crippen molar-refractivity contribution in [3.05, 3.63) is 22.7 Å². The van der Waals surface area contributed by atoms with E-state index < -0.39 is 0 Å². The van der Waals surface area contributed by atoms with Crippen LogP contribution in [0.5, 0.6) is 5.75 Å². The molecule has 1 atom stereocenters. The van der Waals surface area contributed by atoms with Crippen molar-refractivity contribution in [1.29, 1.82) is 0 Å². The van der Waals surface area contributed by atoms with Crippen molar-refractivity contribution in [1.82, 2.24) is 0 Å². The number of hydrogen-bond acceptors (Lipinski definition) is 2. The van der Waals surface area contributed by atoms with E-state index in [0.29, 0.717) is 10.7 Å². The summed E-state index contributed by atoms with van der Waals surface area (Å²) < 4.78 is 5.51. The van der Waals surface area contributed by atoms with E-state index in [-0.39, 0.29) is 6.10 Å². The van der Waals surface area contributed by atoms with Gasteiger partial charge >= 0.3 is 0 Å². The van der Waals surface area contributed by atoms with Crippen molar-refractivity contribution in [3.63, 3.8) is 0 Å². The summed E-state index contributed by atoms with van der Waals surface area (Å²) in [6.07, 6.45) is 1.12. The largest absolute Gasteiger partial charge is 0.489 e. The fraction of sp³-hybridized carbons (Fsp3) is 0.333. The molecule has 2 rings (SSSR count). The third kappa shape index (κ3) is 1.12. The van der Waals surface area contributed by atoms with Crippen LogP contribution in [0.4, 0.5) is 5.69 Å². The fourth-order valence-electron chi connectivity index (χ4n) is 1.51. The number of rotatable bonds is 0. The van der Waals surface area contributed by atoms with E-state index >= 15 is 0 Å². The number of halogens is 1. The lowest BCUT2D eigenvalue weighted by Crippen LogP contribution is -2.05. The van der Waals surface area contributed by atoms with Gasteiger partial charge in [0.25, 0.3) is 0 Å². The Morgan fingerprint density at radius 1 is 1.58 bits per heavy atom. The van der Waals surface area contributed by atoms with Crippen molar-refractivity contribution < 1.29 is 4.74 Å². The molecule has 0 saturated carbocycles. The normalized spacial score (nSPS) is 20.3. The van der Waals surface area contributed by atoms with Crippen LogP contribution in [0.15, 0.2) is 12.1 Å². The second-order valence-corrected chi connectivity index (χ2v) is 3.53. The first kappa shape index (κ1) is 7.74. The second-order valence-electron chi connectivity index (χ2n) is 3.12. The van der Waals surface area contributed by atoms with Crippen LogP contribution in [0.25, 0.3) is 0 Å². The van der Waals surface area contributed by atoms with Crippen molar-refractivity contribution in [2.24, 2.45) is 0 Å². The van der Waals surface area contributed by atoms with Crippen LogP contribution < -0.4 is 10.5 Å². The maximum absolute atomic E-state index is 5.94. The van der Waals surface area contributed by atoms with E-state index in [0.717, 1.165) is 17.7 Å². The van der Waals surface area contributed by atoms with Gasteiger partial charge in [0.2, 0.25) is 0 Å². The molecule has 1 unspecified atom stereocenters. The molecule has 2 N–H and O–H groups in total. The minimum Gasteiger partial charge on any atom is -0.489 e. The molecule has 64 valence electrons. The van der Waals surface area contributed by atoms with Gasteiger partial charge in [-0.15, -0.1) is 0 Å². The molecule has 0 aliphatic carbocycles. The Morgan fingerprint density at radius 2 is 2.33 bits per heavy atom. The molecule has 1 aromatic carbocycles. The van der Waals surface area contributed by atoms with Crippen molar-refractivity contribution in [2.75, 3.05) is 5.73 Å². The van der Waals surface area contributed by atoms with Gasteiger partial charge in [-0.05, 0) is 19.1 Å². The minimum atomic E-state index is 0.222. The minimum absolute atomic E-state index is 0.222. The lowest BCUT2D eigenvalue weighted by molar-refractivity contribution is 0.255. The molecule has 0 saturated heterocycles. The molecule has 0 bridgehead atoms. The summed E-state index contributed by atoms with van der Waals surface area (Å²) in [6, 6.07) is 3.64. The highest BCUT2D eigenvalue weighted by atomic mass is 35.5. The molecule has 0 amide bonds. The van der Waals surface area contributed by atoms with Crippen molar-refractivity contribution in [3.8, 4) is 5.75 Å². The SMILES string of the molecule is CC1Cc2cc(N)cc(Cl)c2O1. The van der Waals surface area contributed by atoms with Crippen molar-refractivity contribution >= 4 is 17.3 Å². The summed E-state index contributed by atoms with van der Waals surface area (Å²) in [5, 5.41) is 0.620. The van der Waals surface area contributed by atoms with Gasteiger partial charge in [-0.1, -0.05) is 11.6 Å². The van der Waals surface area contributed by atoms with E-state index in [2.05, 4.69) is 0 Å². The first-order valence-electron chi connectivity index (χ1n) is 3.91. The van der Waals surface area contributed by atoms with Crippen LogP contribution in [0, 0.1) is 0 Å². The van der Waals surface area contributed by atoms with Gasteiger partial charge in [0, 0.05) is 17.7 Å². The Hall–Kier alpha value is -0.890. The Labute approximate surface area is 76.3 Å². The predicted molar refractivity (Wildman–Crippen MR) is 49.7 cm³/mol. The van der Waals surface area contributed by atoms with Crippen LogP contribution >= 0.6 is 11.6 Å². The predicted octanol–water partition coefficient (Wildman–Crippen LogP) is 2.25. The standard InChI is InChI=1S/C9H10ClNO/c1-5-2-6-3-7(11)4-8(10)9(6)12-5/h3-5H,2,11H2,1H3. The molecular weight excluding hydrogens is 174 g/mol. The highest BCUT2D eigenvalue weighted by Gasteiger charge is 2.21. The maximum atomic E-state index is 5.94. The summed E-state index contributed by atoms with van der Waals surface area (Å²) in [4.78, 5) is 0.